The normalized spacial score (nSPS) is 13.5. The van der Waals surface area contributed by atoms with E-state index in [0.717, 1.165) is 0 Å². The summed E-state index contributed by atoms with van der Waals surface area (Å²) in [4.78, 5) is 24.0. The molecule has 0 spiro atoms. The molecule has 0 aromatic heterocycles. The average molecular weight is 310 g/mol. The Morgan fingerprint density at radius 2 is 0.909 bits per heavy atom. The van der Waals surface area contributed by atoms with Gasteiger partial charge in [-0.3, -0.25) is 9.59 Å². The van der Waals surface area contributed by atoms with Gasteiger partial charge in [0, 0.05) is 12.1 Å². The number of nitrogens with one attached hydrogen (secondary N) is 2. The van der Waals surface area contributed by atoms with Gasteiger partial charge in [-0.2, -0.15) is 0 Å². The molecule has 112 valence electrons. The second kappa shape index (κ2) is 4.83. The lowest BCUT2D eigenvalue weighted by atomic mass is 10.1. The predicted octanol–water partition coefficient (Wildman–Crippen LogP) is 3.06. The molecule has 1 aliphatic rings. The number of benzene rings is 2. The molecule has 8 heteroatoms. The van der Waals surface area contributed by atoms with Gasteiger partial charge in [0.1, 0.15) is 0 Å². The van der Waals surface area contributed by atoms with Crippen LogP contribution in [0.1, 0.15) is 20.7 Å². The Bertz CT molecular complexity index is 767. The SMILES string of the molecule is O=C1Nc2cc(F)c(F)cc2C(=O)Nc2cc(F)c(F)cc21. The van der Waals surface area contributed by atoms with E-state index in [1.807, 2.05) is 0 Å². The number of rotatable bonds is 0. The third-order valence-corrected chi connectivity index (χ3v) is 3.11. The molecular formula is C14H6F4N2O2. The Balaban J connectivity index is 2.18. The molecule has 0 fully saturated rings. The molecule has 1 aliphatic heterocycles. The largest absolute Gasteiger partial charge is 0.321 e. The van der Waals surface area contributed by atoms with Crippen molar-refractivity contribution in [3.05, 3.63) is 58.7 Å². The maximum atomic E-state index is 13.2. The van der Waals surface area contributed by atoms with Crippen LogP contribution in [0.25, 0.3) is 0 Å². The first-order valence-corrected chi connectivity index (χ1v) is 5.97. The van der Waals surface area contributed by atoms with Gasteiger partial charge in [-0.1, -0.05) is 0 Å². The van der Waals surface area contributed by atoms with E-state index in [1.54, 1.807) is 0 Å². The minimum absolute atomic E-state index is 0.281. The van der Waals surface area contributed by atoms with Gasteiger partial charge in [-0.05, 0) is 12.1 Å². The number of hydrogen-bond acceptors (Lipinski definition) is 2. The second-order valence-electron chi connectivity index (χ2n) is 4.53. The van der Waals surface area contributed by atoms with Crippen LogP contribution in [0.3, 0.4) is 0 Å². The Morgan fingerprint density at radius 3 is 1.27 bits per heavy atom. The molecule has 0 radical (unpaired) electrons. The van der Waals surface area contributed by atoms with Crippen LogP contribution >= 0.6 is 0 Å². The number of amides is 2. The molecule has 4 nitrogen and oxygen atoms in total. The van der Waals surface area contributed by atoms with Gasteiger partial charge in [0.2, 0.25) is 0 Å². The van der Waals surface area contributed by atoms with Crippen molar-refractivity contribution in [1.82, 2.24) is 0 Å². The summed E-state index contributed by atoms with van der Waals surface area (Å²) >= 11 is 0. The molecular weight excluding hydrogens is 304 g/mol. The first-order chi connectivity index (χ1) is 10.4. The van der Waals surface area contributed by atoms with Crippen LogP contribution in [0.2, 0.25) is 0 Å². The number of hydrogen-bond donors (Lipinski definition) is 2. The van der Waals surface area contributed by atoms with Crippen molar-refractivity contribution in [2.45, 2.75) is 0 Å². The maximum absolute atomic E-state index is 13.2. The highest BCUT2D eigenvalue weighted by molar-refractivity contribution is 6.18. The van der Waals surface area contributed by atoms with Crippen LogP contribution in [0, 0.1) is 23.3 Å². The van der Waals surface area contributed by atoms with E-state index in [2.05, 4.69) is 10.6 Å². The van der Waals surface area contributed by atoms with Gasteiger partial charge < -0.3 is 10.6 Å². The Hall–Kier alpha value is -2.90. The summed E-state index contributed by atoms with van der Waals surface area (Å²) in [6.45, 7) is 0. The van der Waals surface area contributed by atoms with Crippen molar-refractivity contribution >= 4 is 23.2 Å². The summed E-state index contributed by atoms with van der Waals surface area (Å²) in [5, 5.41) is 4.34. The highest BCUT2D eigenvalue weighted by atomic mass is 19.2. The van der Waals surface area contributed by atoms with E-state index in [9.17, 15) is 27.2 Å². The molecule has 2 amide bonds. The summed E-state index contributed by atoms with van der Waals surface area (Å²) in [5.74, 6) is -6.90. The molecule has 1 heterocycles. The third-order valence-electron chi connectivity index (χ3n) is 3.11. The van der Waals surface area contributed by atoms with Crippen molar-refractivity contribution in [2.24, 2.45) is 0 Å². The van der Waals surface area contributed by atoms with E-state index in [4.69, 9.17) is 0 Å². The van der Waals surface area contributed by atoms with Crippen molar-refractivity contribution in [2.75, 3.05) is 10.6 Å². The molecule has 0 unspecified atom stereocenters. The number of anilines is 2. The van der Waals surface area contributed by atoms with Gasteiger partial charge in [0.25, 0.3) is 11.8 Å². The Labute approximate surface area is 120 Å². The predicted molar refractivity (Wildman–Crippen MR) is 68.6 cm³/mol. The third kappa shape index (κ3) is 2.18. The van der Waals surface area contributed by atoms with Gasteiger partial charge in [-0.15, -0.1) is 0 Å². The van der Waals surface area contributed by atoms with Crippen molar-refractivity contribution < 1.29 is 27.2 Å². The van der Waals surface area contributed by atoms with Crippen LogP contribution in [-0.2, 0) is 0 Å². The summed E-state index contributed by atoms with van der Waals surface area (Å²) in [6, 6.07) is 2.47. The van der Waals surface area contributed by atoms with E-state index >= 15 is 0 Å². The van der Waals surface area contributed by atoms with Crippen LogP contribution in [-0.4, -0.2) is 11.8 Å². The fraction of sp³-hybridized carbons (Fsp3) is 0. The van der Waals surface area contributed by atoms with E-state index in [1.165, 1.54) is 0 Å². The topological polar surface area (TPSA) is 58.2 Å². The highest BCUT2D eigenvalue weighted by Crippen LogP contribution is 2.28. The number of fused-ring (bicyclic) bond motifs is 2. The maximum Gasteiger partial charge on any atom is 0.257 e. The van der Waals surface area contributed by atoms with Gasteiger partial charge >= 0.3 is 0 Å². The van der Waals surface area contributed by atoms with Crippen molar-refractivity contribution in [3.63, 3.8) is 0 Å². The highest BCUT2D eigenvalue weighted by Gasteiger charge is 2.25. The zero-order valence-electron chi connectivity index (χ0n) is 10.6. The second-order valence-corrected chi connectivity index (χ2v) is 4.53. The summed E-state index contributed by atoms with van der Waals surface area (Å²) in [7, 11) is 0. The Morgan fingerprint density at radius 1 is 0.591 bits per heavy atom. The van der Waals surface area contributed by atoms with Gasteiger partial charge in [0.05, 0.1) is 22.5 Å². The summed E-state index contributed by atoms with van der Waals surface area (Å²) in [5.41, 5.74) is -1.25. The van der Waals surface area contributed by atoms with Crippen LogP contribution in [0.15, 0.2) is 24.3 Å². The lowest BCUT2D eigenvalue weighted by Crippen LogP contribution is -2.25. The first-order valence-electron chi connectivity index (χ1n) is 5.97. The van der Waals surface area contributed by atoms with Crippen LogP contribution < -0.4 is 10.6 Å². The average Bonchev–Trinajstić information content (AvgIpc) is 2.45. The first kappa shape index (κ1) is 14.1. The summed E-state index contributed by atoms with van der Waals surface area (Å²) in [6.07, 6.45) is 0. The van der Waals surface area contributed by atoms with Gasteiger partial charge in [0.15, 0.2) is 23.3 Å². The van der Waals surface area contributed by atoms with Gasteiger partial charge in [-0.25, -0.2) is 17.6 Å². The molecule has 0 saturated heterocycles. The zero-order valence-corrected chi connectivity index (χ0v) is 10.6. The molecule has 0 saturated carbocycles. The molecule has 3 rings (SSSR count). The van der Waals surface area contributed by atoms with E-state index < -0.39 is 35.1 Å². The lowest BCUT2D eigenvalue weighted by Gasteiger charge is -2.18. The number of carbonyl (C=O) groups excluding carboxylic acids is 2. The van der Waals surface area contributed by atoms with Crippen LogP contribution in [0.4, 0.5) is 28.9 Å². The fourth-order valence-electron chi connectivity index (χ4n) is 2.06. The molecule has 2 N–H and O–H groups in total. The minimum atomic E-state index is -1.28. The molecule has 0 aliphatic carbocycles. The quantitative estimate of drug-likeness (QED) is 0.735. The molecule has 2 aromatic rings. The van der Waals surface area contributed by atoms with Crippen molar-refractivity contribution in [1.29, 1.82) is 0 Å². The molecule has 22 heavy (non-hydrogen) atoms. The Kier molecular flexibility index (Phi) is 3.09. The zero-order chi connectivity index (χ0) is 16.0. The monoisotopic (exact) mass is 310 g/mol. The smallest absolute Gasteiger partial charge is 0.257 e. The van der Waals surface area contributed by atoms with Crippen LogP contribution in [0.5, 0.6) is 0 Å². The molecule has 2 aromatic carbocycles. The lowest BCUT2D eigenvalue weighted by molar-refractivity contribution is 0.101. The number of halogens is 4. The van der Waals surface area contributed by atoms with E-state index in [-0.39, 0.29) is 22.5 Å². The van der Waals surface area contributed by atoms with E-state index in [0.29, 0.717) is 24.3 Å². The molecule has 0 atom stereocenters. The van der Waals surface area contributed by atoms with Crippen molar-refractivity contribution in [3.8, 4) is 0 Å². The minimum Gasteiger partial charge on any atom is -0.321 e. The fourth-order valence-corrected chi connectivity index (χ4v) is 2.06. The standard InChI is InChI=1S/C14H6F4N2O2/c15-7-1-5-11(3-9(7)17)19-14(22)6-2-8(16)10(18)4-12(6)20-13(5)21/h1-4H,(H,19,22)(H,20,21). The number of carbonyl (C=O) groups is 2. The molecule has 0 bridgehead atoms. The summed E-state index contributed by atoms with van der Waals surface area (Å²) < 4.78 is 53.0.